The van der Waals surface area contributed by atoms with Gasteiger partial charge in [-0.05, 0) is 38.2 Å². The summed E-state index contributed by atoms with van der Waals surface area (Å²) < 4.78 is 35.6. The molecule has 132 valence electrons. The van der Waals surface area contributed by atoms with E-state index in [1.807, 2.05) is 0 Å². The maximum absolute atomic E-state index is 12.8. The molecule has 24 heavy (non-hydrogen) atoms. The van der Waals surface area contributed by atoms with E-state index in [9.17, 15) is 18.0 Å². The molecule has 1 saturated heterocycles. The van der Waals surface area contributed by atoms with Gasteiger partial charge in [-0.1, -0.05) is 18.2 Å². The third-order valence-corrected chi connectivity index (χ3v) is 5.65. The second kappa shape index (κ2) is 7.22. The van der Waals surface area contributed by atoms with Crippen LogP contribution >= 0.6 is 11.8 Å². The van der Waals surface area contributed by atoms with Gasteiger partial charge in [0, 0.05) is 12.1 Å². The molecule has 1 fully saturated rings. The number of benzene rings is 1. The van der Waals surface area contributed by atoms with Gasteiger partial charge >= 0.3 is 10.4 Å². The van der Waals surface area contributed by atoms with Crippen molar-refractivity contribution in [1.82, 2.24) is 4.90 Å². The molecule has 7 nitrogen and oxygen atoms in total. The maximum atomic E-state index is 12.8. The van der Waals surface area contributed by atoms with Crippen LogP contribution in [-0.4, -0.2) is 53.3 Å². The van der Waals surface area contributed by atoms with Gasteiger partial charge in [-0.3, -0.25) is 14.1 Å². The minimum atomic E-state index is -4.80. The van der Waals surface area contributed by atoms with Gasteiger partial charge in [-0.15, -0.1) is 11.8 Å². The summed E-state index contributed by atoms with van der Waals surface area (Å²) in [5, 5.41) is 0. The molecule has 2 atom stereocenters. The van der Waals surface area contributed by atoms with Crippen LogP contribution < -0.4 is 0 Å². The fourth-order valence-corrected chi connectivity index (χ4v) is 4.06. The van der Waals surface area contributed by atoms with E-state index in [2.05, 4.69) is 4.18 Å². The summed E-state index contributed by atoms with van der Waals surface area (Å²) in [6.07, 6.45) is 2.55. The average Bonchev–Trinajstić information content (AvgIpc) is 3.02. The zero-order valence-electron chi connectivity index (χ0n) is 13.3. The molecule has 9 heteroatoms. The Labute approximate surface area is 145 Å². The normalized spacial score (nSPS) is 20.6. The van der Waals surface area contributed by atoms with Gasteiger partial charge < -0.3 is 4.90 Å². The molecule has 1 aliphatic heterocycles. The summed E-state index contributed by atoms with van der Waals surface area (Å²) in [5.41, 5.74) is 0.457. The van der Waals surface area contributed by atoms with Crippen molar-refractivity contribution in [3.8, 4) is 0 Å². The van der Waals surface area contributed by atoms with Gasteiger partial charge in [0.15, 0.2) is 10.7 Å². The summed E-state index contributed by atoms with van der Waals surface area (Å²) in [6.45, 7) is 1.68. The molecule has 0 aliphatic carbocycles. The minimum absolute atomic E-state index is 0.290. The lowest BCUT2D eigenvalue weighted by Gasteiger charge is -2.31. The number of thioether (sulfide) groups is 1. The smallest absolute Gasteiger partial charge is 0.328 e. The van der Waals surface area contributed by atoms with E-state index in [1.54, 1.807) is 30.3 Å². The standard InChI is InChI=1S/C15H19NO6S2/c1-15(23-2,22-24(19,20)21)13(17)12-9-6-10-16(12)14(18)11-7-4-3-5-8-11/h3-5,7-8,12H,6,9-10H2,1-2H3,(H,19,20,21). The number of amides is 1. The highest BCUT2D eigenvalue weighted by Crippen LogP contribution is 2.33. The fraction of sp³-hybridized carbons (Fsp3) is 0.467. The van der Waals surface area contributed by atoms with Gasteiger partial charge in [0.05, 0.1) is 6.04 Å². The summed E-state index contributed by atoms with van der Waals surface area (Å²) >= 11 is 0.855. The number of nitrogens with zero attached hydrogens (tertiary/aromatic N) is 1. The van der Waals surface area contributed by atoms with Crippen molar-refractivity contribution < 1.29 is 26.7 Å². The number of carbonyl (C=O) groups is 2. The van der Waals surface area contributed by atoms with Crippen LogP contribution in [0.4, 0.5) is 0 Å². The topological polar surface area (TPSA) is 101 Å². The molecule has 0 radical (unpaired) electrons. The number of likely N-dealkylation sites (tertiary alicyclic amines) is 1. The van der Waals surface area contributed by atoms with E-state index in [0.29, 0.717) is 24.9 Å². The van der Waals surface area contributed by atoms with E-state index < -0.39 is 27.2 Å². The molecular formula is C15H19NO6S2. The number of rotatable bonds is 6. The minimum Gasteiger partial charge on any atom is -0.328 e. The van der Waals surface area contributed by atoms with Crippen molar-refractivity contribution in [1.29, 1.82) is 0 Å². The van der Waals surface area contributed by atoms with Crippen LogP contribution in [-0.2, 0) is 19.4 Å². The molecule has 1 heterocycles. The van der Waals surface area contributed by atoms with E-state index >= 15 is 0 Å². The highest BCUT2D eigenvalue weighted by atomic mass is 32.3. The lowest BCUT2D eigenvalue weighted by molar-refractivity contribution is -0.131. The van der Waals surface area contributed by atoms with E-state index in [-0.39, 0.29) is 5.91 Å². The van der Waals surface area contributed by atoms with Crippen LogP contribution in [0.5, 0.6) is 0 Å². The van der Waals surface area contributed by atoms with Crippen molar-refractivity contribution in [2.24, 2.45) is 0 Å². The largest absolute Gasteiger partial charge is 0.399 e. The highest BCUT2D eigenvalue weighted by molar-refractivity contribution is 8.01. The highest BCUT2D eigenvalue weighted by Gasteiger charge is 2.46. The second-order valence-electron chi connectivity index (χ2n) is 5.55. The van der Waals surface area contributed by atoms with Crippen LogP contribution in [0.15, 0.2) is 30.3 Å². The number of carbonyl (C=O) groups excluding carboxylic acids is 2. The SMILES string of the molecule is CSC(C)(OS(=O)(=O)O)C(=O)C1CCCN1C(=O)c1ccccc1. The molecule has 0 spiro atoms. The third kappa shape index (κ3) is 4.15. The van der Waals surface area contributed by atoms with Gasteiger partial charge in [0.2, 0.25) is 0 Å². The molecule has 1 amide bonds. The first-order valence-electron chi connectivity index (χ1n) is 7.31. The zero-order chi connectivity index (χ0) is 18.0. The number of ketones is 1. The Bertz CT molecular complexity index is 721. The van der Waals surface area contributed by atoms with Gasteiger partial charge in [-0.25, -0.2) is 4.18 Å². The first-order chi connectivity index (χ1) is 11.2. The van der Waals surface area contributed by atoms with E-state index in [0.717, 1.165) is 11.8 Å². The molecule has 0 saturated carbocycles. The van der Waals surface area contributed by atoms with Crippen molar-refractivity contribution in [2.75, 3.05) is 12.8 Å². The predicted octanol–water partition coefficient (Wildman–Crippen LogP) is 1.76. The number of hydrogen-bond donors (Lipinski definition) is 1. The van der Waals surface area contributed by atoms with Crippen molar-refractivity contribution in [2.45, 2.75) is 30.7 Å². The average molecular weight is 373 g/mol. The van der Waals surface area contributed by atoms with Crippen molar-refractivity contribution in [3.63, 3.8) is 0 Å². The van der Waals surface area contributed by atoms with E-state index in [4.69, 9.17) is 4.55 Å². The molecule has 1 aromatic carbocycles. The van der Waals surface area contributed by atoms with Crippen LogP contribution in [0.1, 0.15) is 30.1 Å². The lowest BCUT2D eigenvalue weighted by atomic mass is 10.0. The number of Topliss-reactive ketones (excluding diaryl/α,β-unsaturated/α-hetero) is 1. The van der Waals surface area contributed by atoms with E-state index in [1.165, 1.54) is 18.1 Å². The Morgan fingerprint density at radius 2 is 1.96 bits per heavy atom. The van der Waals surface area contributed by atoms with Gasteiger partial charge in [-0.2, -0.15) is 8.42 Å². The molecule has 1 aliphatic rings. The first kappa shape index (κ1) is 18.9. The van der Waals surface area contributed by atoms with Crippen molar-refractivity contribution >= 4 is 33.9 Å². The first-order valence-corrected chi connectivity index (χ1v) is 9.90. The number of hydrogen-bond acceptors (Lipinski definition) is 6. The lowest BCUT2D eigenvalue weighted by Crippen LogP contribution is -2.50. The van der Waals surface area contributed by atoms with Crippen LogP contribution in [0.3, 0.4) is 0 Å². The molecule has 2 rings (SSSR count). The summed E-state index contributed by atoms with van der Waals surface area (Å²) in [4.78, 5) is 25.1. The summed E-state index contributed by atoms with van der Waals surface area (Å²) in [5.74, 6) is -0.851. The Balaban J connectivity index is 2.26. The van der Waals surface area contributed by atoms with Gasteiger partial charge in [0.1, 0.15) is 0 Å². The summed E-state index contributed by atoms with van der Waals surface area (Å²) in [7, 11) is -4.80. The Kier molecular flexibility index (Phi) is 5.69. The Morgan fingerprint density at radius 3 is 2.50 bits per heavy atom. The molecule has 1 N–H and O–H groups in total. The Morgan fingerprint density at radius 1 is 1.33 bits per heavy atom. The zero-order valence-corrected chi connectivity index (χ0v) is 15.0. The predicted molar refractivity (Wildman–Crippen MR) is 90.1 cm³/mol. The molecular weight excluding hydrogens is 354 g/mol. The van der Waals surface area contributed by atoms with Gasteiger partial charge in [0.25, 0.3) is 5.91 Å². The molecule has 0 aromatic heterocycles. The second-order valence-corrected chi connectivity index (χ2v) is 7.76. The van der Waals surface area contributed by atoms with Crippen LogP contribution in [0.25, 0.3) is 0 Å². The quantitative estimate of drug-likeness (QED) is 0.599. The molecule has 2 unspecified atom stereocenters. The Hall–Kier alpha value is -1.42. The monoisotopic (exact) mass is 373 g/mol. The van der Waals surface area contributed by atoms with Crippen LogP contribution in [0.2, 0.25) is 0 Å². The fourth-order valence-electron chi connectivity index (χ4n) is 2.71. The molecule has 0 bridgehead atoms. The van der Waals surface area contributed by atoms with Crippen molar-refractivity contribution in [3.05, 3.63) is 35.9 Å². The van der Waals surface area contributed by atoms with Crippen LogP contribution in [0, 0.1) is 0 Å². The maximum Gasteiger partial charge on any atom is 0.399 e. The third-order valence-electron chi connectivity index (χ3n) is 3.94. The molecule has 1 aromatic rings. The summed E-state index contributed by atoms with van der Waals surface area (Å²) in [6, 6.07) is 7.77.